The fourth-order valence-electron chi connectivity index (χ4n) is 5.27. The average molecular weight is 491 g/mol. The molecule has 4 atom stereocenters. The molecular formula is C27H23ClN2O5. The monoisotopic (exact) mass is 490 g/mol. The van der Waals surface area contributed by atoms with Gasteiger partial charge in [0.25, 0.3) is 0 Å². The molecule has 0 aromatic heterocycles. The van der Waals surface area contributed by atoms with Crippen molar-refractivity contribution >= 4 is 29.1 Å². The van der Waals surface area contributed by atoms with E-state index in [9.17, 15) is 14.9 Å². The number of carbonyl (C=O) groups excluding carboxylic acids is 1. The van der Waals surface area contributed by atoms with E-state index in [4.69, 9.17) is 21.1 Å². The normalized spacial score (nSPS) is 22.3. The first-order valence-electron chi connectivity index (χ1n) is 11.2. The first kappa shape index (κ1) is 22.9. The van der Waals surface area contributed by atoms with Crippen LogP contribution in [0.5, 0.6) is 11.5 Å². The highest BCUT2D eigenvalue weighted by Gasteiger charge is 2.59. The Morgan fingerprint density at radius 3 is 2.40 bits per heavy atom. The van der Waals surface area contributed by atoms with E-state index in [2.05, 4.69) is 0 Å². The van der Waals surface area contributed by atoms with Gasteiger partial charge in [-0.2, -0.15) is 0 Å². The van der Waals surface area contributed by atoms with Crippen LogP contribution in [0, 0.1) is 10.1 Å². The van der Waals surface area contributed by atoms with Crippen LogP contribution in [0.15, 0.2) is 72.8 Å². The van der Waals surface area contributed by atoms with Crippen LogP contribution < -0.4 is 14.4 Å². The molecule has 8 heteroatoms. The summed E-state index contributed by atoms with van der Waals surface area (Å²) < 4.78 is 10.8. The molecule has 2 aliphatic heterocycles. The van der Waals surface area contributed by atoms with E-state index in [0.29, 0.717) is 27.6 Å². The van der Waals surface area contributed by atoms with Crippen molar-refractivity contribution in [2.75, 3.05) is 19.1 Å². The second-order valence-corrected chi connectivity index (χ2v) is 8.98. The summed E-state index contributed by atoms with van der Waals surface area (Å²) >= 11 is 6.06. The number of halogens is 1. The van der Waals surface area contributed by atoms with Gasteiger partial charge in [0.05, 0.1) is 20.1 Å². The van der Waals surface area contributed by atoms with Crippen LogP contribution in [0.4, 0.5) is 5.69 Å². The Balaban J connectivity index is 1.72. The van der Waals surface area contributed by atoms with Crippen LogP contribution in [0.2, 0.25) is 5.02 Å². The number of nitrogens with zero attached hydrogens (tertiary/aromatic N) is 2. The zero-order chi connectivity index (χ0) is 24.7. The predicted octanol–water partition coefficient (Wildman–Crippen LogP) is 5.25. The molecule has 178 valence electrons. The Hall–Kier alpha value is -3.84. The fraction of sp³-hybridized carbons (Fsp3) is 0.222. The van der Waals surface area contributed by atoms with E-state index in [0.717, 1.165) is 11.3 Å². The van der Waals surface area contributed by atoms with E-state index in [1.165, 1.54) is 14.2 Å². The Morgan fingerprint density at radius 1 is 1.00 bits per heavy atom. The van der Waals surface area contributed by atoms with Crippen molar-refractivity contribution in [1.82, 2.24) is 0 Å². The zero-order valence-electron chi connectivity index (χ0n) is 19.1. The number of fused-ring (bicyclic) bond motifs is 3. The molecule has 1 saturated heterocycles. The summed E-state index contributed by atoms with van der Waals surface area (Å²) in [7, 11) is 3.04. The first-order chi connectivity index (χ1) is 16.9. The lowest BCUT2D eigenvalue weighted by atomic mass is 9.83. The number of carbonyl (C=O) groups is 1. The van der Waals surface area contributed by atoms with E-state index < -0.39 is 24.0 Å². The van der Waals surface area contributed by atoms with Gasteiger partial charge >= 0.3 is 0 Å². The molecule has 0 bridgehead atoms. The third-order valence-electron chi connectivity index (χ3n) is 6.80. The number of rotatable bonds is 6. The van der Waals surface area contributed by atoms with E-state index >= 15 is 0 Å². The summed E-state index contributed by atoms with van der Waals surface area (Å²) in [5, 5.41) is 13.1. The Morgan fingerprint density at radius 2 is 1.71 bits per heavy atom. The largest absolute Gasteiger partial charge is 0.493 e. The summed E-state index contributed by atoms with van der Waals surface area (Å²) in [6, 6.07) is 17.0. The fourth-order valence-corrected chi connectivity index (χ4v) is 5.40. The molecule has 0 radical (unpaired) electrons. The highest BCUT2D eigenvalue weighted by molar-refractivity contribution is 6.30. The van der Waals surface area contributed by atoms with Gasteiger partial charge in [0.15, 0.2) is 17.3 Å². The zero-order valence-corrected chi connectivity index (χ0v) is 19.9. The molecule has 0 aliphatic carbocycles. The lowest BCUT2D eigenvalue weighted by molar-refractivity contribution is -0.524. The second-order valence-electron chi connectivity index (χ2n) is 8.55. The summed E-state index contributed by atoms with van der Waals surface area (Å²) in [5.74, 6) is 0.00995. The number of methoxy groups -OCH3 is 2. The summed E-state index contributed by atoms with van der Waals surface area (Å²) in [4.78, 5) is 28.2. The first-order valence-corrected chi connectivity index (χ1v) is 11.5. The number of Topliss-reactive ketones (excluding diaryl/α,β-unsaturated/α-hetero) is 1. The second kappa shape index (κ2) is 9.07. The van der Waals surface area contributed by atoms with Crippen LogP contribution in [0.1, 0.15) is 27.4 Å². The Kier molecular flexibility index (Phi) is 5.94. The smallest absolute Gasteiger partial charge is 0.245 e. The highest BCUT2D eigenvalue weighted by Crippen LogP contribution is 2.48. The number of para-hydroxylation sites is 1. The van der Waals surface area contributed by atoms with Crippen LogP contribution in [0.25, 0.3) is 6.08 Å². The molecule has 0 unspecified atom stereocenters. The molecule has 7 nitrogen and oxygen atoms in total. The molecule has 0 saturated carbocycles. The summed E-state index contributed by atoms with van der Waals surface area (Å²) in [6.07, 6.45) is 3.73. The minimum absolute atomic E-state index is 0.207. The molecule has 0 spiro atoms. The number of benzene rings is 3. The molecule has 3 aromatic carbocycles. The number of ketones is 1. The lowest BCUT2D eigenvalue weighted by Gasteiger charge is -2.34. The summed E-state index contributed by atoms with van der Waals surface area (Å²) in [5.41, 5.74) is 2.78. The number of hydrogen-bond donors (Lipinski definition) is 0. The molecule has 2 heterocycles. The lowest BCUT2D eigenvalue weighted by Crippen LogP contribution is -2.44. The van der Waals surface area contributed by atoms with E-state index in [-0.39, 0.29) is 10.7 Å². The van der Waals surface area contributed by atoms with Crippen molar-refractivity contribution in [2.24, 2.45) is 0 Å². The van der Waals surface area contributed by atoms with E-state index in [1.54, 1.807) is 42.5 Å². The van der Waals surface area contributed by atoms with Gasteiger partial charge in [-0.15, -0.1) is 0 Å². The van der Waals surface area contributed by atoms with Crippen LogP contribution in [-0.2, 0) is 0 Å². The number of hydrogen-bond acceptors (Lipinski definition) is 6. The van der Waals surface area contributed by atoms with Crippen molar-refractivity contribution < 1.29 is 19.2 Å². The maximum atomic E-state index is 14.1. The molecule has 2 aliphatic rings. The van der Waals surface area contributed by atoms with Crippen LogP contribution in [-0.4, -0.2) is 43.1 Å². The van der Waals surface area contributed by atoms with Gasteiger partial charge in [-0.25, -0.2) is 0 Å². The van der Waals surface area contributed by atoms with Crippen molar-refractivity contribution in [3.8, 4) is 11.5 Å². The molecule has 1 fully saturated rings. The van der Waals surface area contributed by atoms with Crippen molar-refractivity contribution in [1.29, 1.82) is 0 Å². The van der Waals surface area contributed by atoms with Gasteiger partial charge in [0.2, 0.25) is 6.04 Å². The average Bonchev–Trinajstić information content (AvgIpc) is 3.24. The van der Waals surface area contributed by atoms with Crippen molar-refractivity contribution in [3.63, 3.8) is 0 Å². The SMILES string of the molecule is COc1ccc([C@H]2[C@H]([N+](=O)[O-])[C@@H]3C=Cc4ccccc4N3[C@H]2C(=O)c2ccc(Cl)cc2)cc1OC. The standard InChI is InChI=1S/C27H23ClN2O5/c1-34-22-14-10-18(15-23(22)35-2)24-25(30(32)33)21-13-9-16-5-3-4-6-20(16)29(21)26(24)27(31)17-7-11-19(28)12-8-17/h3-15,21,24-26H,1-2H3/t21-,24-,25+,26+/m0/s1. The maximum Gasteiger partial charge on any atom is 0.245 e. The van der Waals surface area contributed by atoms with Gasteiger partial charge in [-0.05, 0) is 53.6 Å². The Bertz CT molecular complexity index is 1320. The molecule has 5 rings (SSSR count). The van der Waals surface area contributed by atoms with Crippen LogP contribution >= 0.6 is 11.6 Å². The van der Waals surface area contributed by atoms with Gasteiger partial charge in [-0.3, -0.25) is 14.9 Å². The molecular weight excluding hydrogens is 468 g/mol. The third-order valence-corrected chi connectivity index (χ3v) is 7.05. The predicted molar refractivity (Wildman–Crippen MR) is 134 cm³/mol. The van der Waals surface area contributed by atoms with Crippen molar-refractivity contribution in [3.05, 3.63) is 105 Å². The number of nitro groups is 1. The topological polar surface area (TPSA) is 81.9 Å². The molecule has 0 N–H and O–H groups in total. The minimum Gasteiger partial charge on any atom is -0.493 e. The van der Waals surface area contributed by atoms with E-state index in [1.807, 2.05) is 41.3 Å². The Labute approximate surface area is 207 Å². The van der Waals surface area contributed by atoms with Gasteiger partial charge in [-0.1, -0.05) is 48.0 Å². The number of anilines is 1. The molecule has 35 heavy (non-hydrogen) atoms. The minimum atomic E-state index is -1.06. The molecule has 3 aromatic rings. The third kappa shape index (κ3) is 3.82. The maximum absolute atomic E-state index is 14.1. The van der Waals surface area contributed by atoms with Gasteiger partial charge in [0, 0.05) is 21.2 Å². The van der Waals surface area contributed by atoms with Crippen LogP contribution in [0.3, 0.4) is 0 Å². The summed E-state index contributed by atoms with van der Waals surface area (Å²) in [6.45, 7) is 0. The van der Waals surface area contributed by atoms with Crippen molar-refractivity contribution in [2.45, 2.75) is 24.0 Å². The van der Waals surface area contributed by atoms with Gasteiger partial charge < -0.3 is 14.4 Å². The highest BCUT2D eigenvalue weighted by atomic mass is 35.5. The van der Waals surface area contributed by atoms with Gasteiger partial charge in [0.1, 0.15) is 12.1 Å². The molecule has 0 amide bonds. The number of ether oxygens (including phenoxy) is 2. The quantitative estimate of drug-likeness (QED) is 0.266.